The van der Waals surface area contributed by atoms with E-state index in [1.807, 2.05) is 6.92 Å². The highest BCUT2D eigenvalue weighted by Crippen LogP contribution is 2.34. The Morgan fingerprint density at radius 2 is 1.95 bits per heavy atom. The SMILES string of the molecule is CCc1[nH]nc(C(=O)Nc2c(Cl)cc(Cl)cc2Cl)c1N. The van der Waals surface area contributed by atoms with Crippen LogP contribution in [-0.4, -0.2) is 16.1 Å². The number of nitrogens with two attached hydrogens (primary N) is 1. The molecule has 20 heavy (non-hydrogen) atoms. The standard InChI is InChI=1S/C12H11Cl3N4O/c1-2-8-9(16)11(19-18-8)12(20)17-10-6(14)3-5(13)4-7(10)15/h3-4H,2,16H2,1H3,(H,17,20)(H,18,19). The fourth-order valence-corrected chi connectivity index (χ4v) is 2.58. The van der Waals surface area contributed by atoms with Crippen molar-refractivity contribution in [1.29, 1.82) is 0 Å². The average Bonchev–Trinajstić information content (AvgIpc) is 2.74. The molecule has 0 saturated carbocycles. The molecule has 0 unspecified atom stereocenters. The van der Waals surface area contributed by atoms with Crippen molar-refractivity contribution in [1.82, 2.24) is 10.2 Å². The number of carbonyl (C=O) groups is 1. The average molecular weight is 334 g/mol. The van der Waals surface area contributed by atoms with E-state index in [0.29, 0.717) is 22.8 Å². The molecule has 2 rings (SSSR count). The summed E-state index contributed by atoms with van der Waals surface area (Å²) in [5, 5.41) is 10.0. The van der Waals surface area contributed by atoms with Crippen LogP contribution in [0.15, 0.2) is 12.1 Å². The van der Waals surface area contributed by atoms with Crippen molar-refractivity contribution in [3.63, 3.8) is 0 Å². The molecular formula is C12H11Cl3N4O. The second-order valence-corrected chi connectivity index (χ2v) is 5.27. The summed E-state index contributed by atoms with van der Waals surface area (Å²) in [7, 11) is 0. The molecule has 1 aromatic heterocycles. The van der Waals surface area contributed by atoms with Gasteiger partial charge in [-0.05, 0) is 18.6 Å². The fraction of sp³-hybridized carbons (Fsp3) is 0.167. The highest BCUT2D eigenvalue weighted by atomic mass is 35.5. The van der Waals surface area contributed by atoms with Crippen molar-refractivity contribution >= 4 is 52.1 Å². The highest BCUT2D eigenvalue weighted by molar-refractivity contribution is 6.42. The van der Waals surface area contributed by atoms with E-state index in [9.17, 15) is 4.79 Å². The number of hydrogen-bond donors (Lipinski definition) is 3. The molecule has 0 fully saturated rings. The van der Waals surface area contributed by atoms with Crippen molar-refractivity contribution in [2.45, 2.75) is 13.3 Å². The topological polar surface area (TPSA) is 83.8 Å². The highest BCUT2D eigenvalue weighted by Gasteiger charge is 2.19. The van der Waals surface area contributed by atoms with E-state index in [1.54, 1.807) is 0 Å². The number of hydrogen-bond acceptors (Lipinski definition) is 3. The predicted octanol–water partition coefficient (Wildman–Crippen LogP) is 3.77. The molecule has 0 bridgehead atoms. The number of halogens is 3. The summed E-state index contributed by atoms with van der Waals surface area (Å²) in [6.45, 7) is 1.90. The van der Waals surface area contributed by atoms with Gasteiger partial charge in [-0.2, -0.15) is 5.10 Å². The Morgan fingerprint density at radius 1 is 1.35 bits per heavy atom. The second kappa shape index (κ2) is 5.91. The summed E-state index contributed by atoms with van der Waals surface area (Å²) in [6.07, 6.45) is 0.647. The lowest BCUT2D eigenvalue weighted by Crippen LogP contribution is -2.15. The molecule has 1 heterocycles. The monoisotopic (exact) mass is 332 g/mol. The number of aromatic nitrogens is 2. The van der Waals surface area contributed by atoms with Gasteiger partial charge >= 0.3 is 0 Å². The van der Waals surface area contributed by atoms with E-state index >= 15 is 0 Å². The van der Waals surface area contributed by atoms with Crippen LogP contribution in [0, 0.1) is 0 Å². The third-order valence-corrected chi connectivity index (χ3v) is 3.51. The zero-order valence-electron chi connectivity index (χ0n) is 10.4. The molecule has 2 aromatic rings. The molecule has 0 saturated heterocycles. The number of aryl methyl sites for hydroxylation is 1. The van der Waals surface area contributed by atoms with E-state index in [4.69, 9.17) is 40.5 Å². The number of nitrogen functional groups attached to an aromatic ring is 1. The van der Waals surface area contributed by atoms with Gasteiger partial charge < -0.3 is 11.1 Å². The third kappa shape index (κ3) is 2.85. The van der Waals surface area contributed by atoms with Crippen LogP contribution in [0.4, 0.5) is 11.4 Å². The summed E-state index contributed by atoms with van der Waals surface area (Å²) < 4.78 is 0. The van der Waals surface area contributed by atoms with E-state index in [1.165, 1.54) is 12.1 Å². The Morgan fingerprint density at radius 3 is 2.45 bits per heavy atom. The van der Waals surface area contributed by atoms with Crippen LogP contribution in [0.25, 0.3) is 0 Å². The predicted molar refractivity (Wildman–Crippen MR) is 81.8 cm³/mol. The second-order valence-electron chi connectivity index (χ2n) is 4.02. The number of benzene rings is 1. The molecular weight excluding hydrogens is 323 g/mol. The summed E-state index contributed by atoms with van der Waals surface area (Å²) in [6, 6.07) is 2.96. The maximum atomic E-state index is 12.1. The molecule has 0 radical (unpaired) electrons. The van der Waals surface area contributed by atoms with Crippen LogP contribution in [0.1, 0.15) is 23.1 Å². The Balaban J connectivity index is 2.30. The summed E-state index contributed by atoms with van der Waals surface area (Å²) in [5.74, 6) is -0.496. The lowest BCUT2D eigenvalue weighted by molar-refractivity contribution is 0.102. The number of anilines is 2. The van der Waals surface area contributed by atoms with Crippen LogP contribution in [0.2, 0.25) is 15.1 Å². The maximum Gasteiger partial charge on any atom is 0.278 e. The molecule has 0 spiro atoms. The fourth-order valence-electron chi connectivity index (χ4n) is 1.66. The number of aromatic amines is 1. The van der Waals surface area contributed by atoms with Gasteiger partial charge in [0.1, 0.15) is 0 Å². The van der Waals surface area contributed by atoms with Crippen molar-refractivity contribution in [2.75, 3.05) is 11.1 Å². The van der Waals surface area contributed by atoms with E-state index in [2.05, 4.69) is 15.5 Å². The minimum absolute atomic E-state index is 0.101. The van der Waals surface area contributed by atoms with E-state index < -0.39 is 5.91 Å². The molecule has 1 aromatic carbocycles. The number of H-pyrrole nitrogens is 1. The first-order chi connectivity index (χ1) is 9.43. The Hall–Kier alpha value is -1.43. The number of carbonyl (C=O) groups excluding carboxylic acids is 1. The molecule has 4 N–H and O–H groups in total. The summed E-state index contributed by atoms with van der Waals surface area (Å²) in [4.78, 5) is 12.1. The van der Waals surface area contributed by atoms with Crippen LogP contribution >= 0.6 is 34.8 Å². The zero-order chi connectivity index (χ0) is 14.9. The smallest absolute Gasteiger partial charge is 0.278 e. The first-order valence-corrected chi connectivity index (χ1v) is 6.86. The van der Waals surface area contributed by atoms with E-state index in [0.717, 1.165) is 0 Å². The van der Waals surface area contributed by atoms with Gasteiger partial charge in [0.15, 0.2) is 5.69 Å². The number of amides is 1. The quantitative estimate of drug-likeness (QED) is 0.799. The van der Waals surface area contributed by atoms with E-state index in [-0.39, 0.29) is 21.4 Å². The lowest BCUT2D eigenvalue weighted by Gasteiger charge is -2.09. The van der Waals surface area contributed by atoms with Gasteiger partial charge in [0.05, 0.1) is 27.1 Å². The largest absolute Gasteiger partial charge is 0.395 e. The first-order valence-electron chi connectivity index (χ1n) is 5.72. The number of nitrogens with one attached hydrogen (secondary N) is 2. The lowest BCUT2D eigenvalue weighted by atomic mass is 10.2. The van der Waals surface area contributed by atoms with Gasteiger partial charge in [0.25, 0.3) is 5.91 Å². The summed E-state index contributed by atoms with van der Waals surface area (Å²) >= 11 is 17.8. The van der Waals surface area contributed by atoms with Crippen molar-refractivity contribution in [3.8, 4) is 0 Å². The van der Waals surface area contributed by atoms with Crippen LogP contribution < -0.4 is 11.1 Å². The zero-order valence-corrected chi connectivity index (χ0v) is 12.7. The first kappa shape index (κ1) is 15.0. The third-order valence-electron chi connectivity index (χ3n) is 2.70. The normalized spacial score (nSPS) is 10.6. The molecule has 106 valence electrons. The van der Waals surface area contributed by atoms with Crippen LogP contribution in [0.3, 0.4) is 0 Å². The molecule has 0 atom stereocenters. The molecule has 0 aliphatic rings. The van der Waals surface area contributed by atoms with Gasteiger partial charge in [0.2, 0.25) is 0 Å². The van der Waals surface area contributed by atoms with Crippen molar-refractivity contribution in [2.24, 2.45) is 0 Å². The maximum absolute atomic E-state index is 12.1. The van der Waals surface area contributed by atoms with Crippen LogP contribution in [-0.2, 0) is 6.42 Å². The molecule has 1 amide bonds. The van der Waals surface area contributed by atoms with Crippen molar-refractivity contribution < 1.29 is 4.79 Å². The Bertz CT molecular complexity index is 646. The van der Waals surface area contributed by atoms with Gasteiger partial charge in [-0.15, -0.1) is 0 Å². The molecule has 0 aliphatic heterocycles. The Labute approximate surface area is 130 Å². The summed E-state index contributed by atoms with van der Waals surface area (Å²) in [5.41, 5.74) is 7.20. The van der Waals surface area contributed by atoms with Gasteiger partial charge in [0, 0.05) is 5.02 Å². The Kier molecular flexibility index (Phi) is 4.42. The number of nitrogens with zero attached hydrogens (tertiary/aromatic N) is 1. The molecule has 0 aliphatic carbocycles. The minimum Gasteiger partial charge on any atom is -0.395 e. The molecule has 8 heteroatoms. The van der Waals surface area contributed by atoms with Gasteiger partial charge in [-0.25, -0.2) is 0 Å². The van der Waals surface area contributed by atoms with Gasteiger partial charge in [-0.3, -0.25) is 9.89 Å². The van der Waals surface area contributed by atoms with Crippen LogP contribution in [0.5, 0.6) is 0 Å². The van der Waals surface area contributed by atoms with Crippen molar-refractivity contribution in [3.05, 3.63) is 38.6 Å². The molecule has 5 nitrogen and oxygen atoms in total. The number of rotatable bonds is 3. The van der Waals surface area contributed by atoms with Gasteiger partial charge in [-0.1, -0.05) is 41.7 Å². The minimum atomic E-state index is -0.496.